The third-order valence-corrected chi connectivity index (χ3v) is 3.12. The van der Waals surface area contributed by atoms with Gasteiger partial charge in [-0.2, -0.15) is 0 Å². The van der Waals surface area contributed by atoms with Crippen molar-refractivity contribution in [2.45, 2.75) is 0 Å². The van der Waals surface area contributed by atoms with Crippen LogP contribution >= 0.6 is 0 Å². The first-order valence-electron chi connectivity index (χ1n) is 6.32. The lowest BCUT2D eigenvalue weighted by atomic mass is 10.1. The van der Waals surface area contributed by atoms with Gasteiger partial charge in [0.05, 0.1) is 18.2 Å². The molecule has 3 rings (SSSR count). The lowest BCUT2D eigenvalue weighted by molar-refractivity contribution is -0.0586. The number of aromatic nitrogens is 1. The fourth-order valence-corrected chi connectivity index (χ4v) is 2.09. The average Bonchev–Trinajstić information content (AvgIpc) is 2.80. The lowest BCUT2D eigenvalue weighted by Crippen LogP contribution is -2.32. The molecule has 22 heavy (non-hydrogen) atoms. The van der Waals surface area contributed by atoms with E-state index in [4.69, 9.17) is 9.57 Å². The maximum atomic E-state index is 12.1. The number of fused-ring (bicyclic) bond motifs is 1. The normalized spacial score (nSPS) is 13.0. The molecule has 7 nitrogen and oxygen atoms in total. The third-order valence-electron chi connectivity index (χ3n) is 3.12. The van der Waals surface area contributed by atoms with Crippen LogP contribution < -0.4 is 4.74 Å². The van der Waals surface area contributed by atoms with Gasteiger partial charge < -0.3 is 9.57 Å². The third kappa shape index (κ3) is 2.08. The molecule has 0 bridgehead atoms. The second kappa shape index (κ2) is 5.28. The van der Waals surface area contributed by atoms with Crippen molar-refractivity contribution in [3.05, 3.63) is 59.3 Å². The number of nitrogens with zero attached hydrogens (tertiary/aromatic N) is 2. The number of hydrogen-bond donors (Lipinski definition) is 0. The molecule has 0 fully saturated rings. The van der Waals surface area contributed by atoms with E-state index in [2.05, 4.69) is 4.98 Å². The number of pyridine rings is 1. The minimum atomic E-state index is -0.903. The molecule has 0 radical (unpaired) electrons. The highest BCUT2D eigenvalue weighted by Crippen LogP contribution is 2.24. The van der Waals surface area contributed by atoms with Gasteiger partial charge in [0.25, 0.3) is 11.8 Å². The molecule has 1 aromatic carbocycles. The summed E-state index contributed by atoms with van der Waals surface area (Å²) in [5.41, 5.74) is 0.401. The van der Waals surface area contributed by atoms with Gasteiger partial charge in [0, 0.05) is 6.20 Å². The second-order valence-electron chi connectivity index (χ2n) is 4.39. The van der Waals surface area contributed by atoms with Crippen LogP contribution in [0.25, 0.3) is 0 Å². The molecule has 0 N–H and O–H groups in total. The number of imide groups is 1. The standard InChI is InChI=1S/C15H10N2O5/c1-21-12-11(7-4-8-16-12)15(20)22-17-13(18)9-5-2-3-6-10(9)14(17)19/h2-8H,1H3. The molecule has 2 aromatic rings. The number of carbonyl (C=O) groups is 3. The van der Waals surface area contributed by atoms with Crippen LogP contribution in [0.4, 0.5) is 0 Å². The summed E-state index contributed by atoms with van der Waals surface area (Å²) in [5.74, 6) is -2.22. The molecule has 0 atom stereocenters. The zero-order valence-corrected chi connectivity index (χ0v) is 11.5. The molecule has 0 saturated carbocycles. The zero-order chi connectivity index (χ0) is 15.7. The monoisotopic (exact) mass is 298 g/mol. The van der Waals surface area contributed by atoms with Crippen LogP contribution in [0.2, 0.25) is 0 Å². The van der Waals surface area contributed by atoms with Gasteiger partial charge in [0.1, 0.15) is 5.56 Å². The number of carbonyl (C=O) groups excluding carboxylic acids is 3. The number of hydrogen-bond acceptors (Lipinski definition) is 6. The van der Waals surface area contributed by atoms with Gasteiger partial charge in [-0.1, -0.05) is 17.2 Å². The van der Waals surface area contributed by atoms with Crippen LogP contribution in [0.3, 0.4) is 0 Å². The Balaban J connectivity index is 1.87. The zero-order valence-electron chi connectivity index (χ0n) is 11.5. The van der Waals surface area contributed by atoms with Crippen LogP contribution in [-0.4, -0.2) is 34.9 Å². The van der Waals surface area contributed by atoms with E-state index in [-0.39, 0.29) is 22.6 Å². The Kier molecular flexibility index (Phi) is 3.30. The highest BCUT2D eigenvalue weighted by molar-refractivity contribution is 6.21. The number of hydroxylamine groups is 2. The van der Waals surface area contributed by atoms with Crippen molar-refractivity contribution in [1.82, 2.24) is 10.0 Å². The van der Waals surface area contributed by atoms with Crippen LogP contribution in [0.15, 0.2) is 42.6 Å². The first kappa shape index (κ1) is 13.7. The van der Waals surface area contributed by atoms with Crippen LogP contribution in [0, 0.1) is 0 Å². The quantitative estimate of drug-likeness (QED) is 0.797. The first-order chi connectivity index (χ1) is 10.6. The van der Waals surface area contributed by atoms with E-state index in [9.17, 15) is 14.4 Å². The van der Waals surface area contributed by atoms with Crippen molar-refractivity contribution in [3.63, 3.8) is 0 Å². The van der Waals surface area contributed by atoms with E-state index in [1.54, 1.807) is 12.1 Å². The number of benzene rings is 1. The summed E-state index contributed by atoms with van der Waals surface area (Å²) in [6, 6.07) is 9.18. The molecule has 2 amide bonds. The Bertz CT molecular complexity index is 752. The summed E-state index contributed by atoms with van der Waals surface area (Å²) in [6.07, 6.45) is 1.44. The molecule has 0 saturated heterocycles. The van der Waals surface area contributed by atoms with E-state index < -0.39 is 17.8 Å². The van der Waals surface area contributed by atoms with Gasteiger partial charge in [0.15, 0.2) is 0 Å². The predicted molar refractivity (Wildman–Crippen MR) is 73.1 cm³/mol. The Labute approximate surface area is 125 Å². The van der Waals surface area contributed by atoms with E-state index >= 15 is 0 Å². The van der Waals surface area contributed by atoms with Gasteiger partial charge in [-0.05, 0) is 24.3 Å². The lowest BCUT2D eigenvalue weighted by Gasteiger charge is -2.13. The maximum Gasteiger partial charge on any atom is 0.369 e. The molecular formula is C15H10N2O5. The fourth-order valence-electron chi connectivity index (χ4n) is 2.09. The maximum absolute atomic E-state index is 12.1. The molecule has 7 heteroatoms. The van der Waals surface area contributed by atoms with Gasteiger partial charge >= 0.3 is 5.97 Å². The molecule has 0 aliphatic carbocycles. The number of ether oxygens (including phenoxy) is 1. The minimum absolute atomic E-state index is 0.0153. The summed E-state index contributed by atoms with van der Waals surface area (Å²) in [4.78, 5) is 45.1. The van der Waals surface area contributed by atoms with Crippen molar-refractivity contribution in [3.8, 4) is 5.88 Å². The summed E-state index contributed by atoms with van der Waals surface area (Å²) in [6.45, 7) is 0. The van der Waals surface area contributed by atoms with E-state index in [1.165, 1.54) is 37.6 Å². The van der Waals surface area contributed by atoms with E-state index in [1.807, 2.05) is 0 Å². The van der Waals surface area contributed by atoms with Crippen molar-refractivity contribution in [2.75, 3.05) is 7.11 Å². The molecule has 1 aliphatic rings. The molecule has 1 aliphatic heterocycles. The fraction of sp³-hybridized carbons (Fsp3) is 0.0667. The Morgan fingerprint density at radius 2 is 1.68 bits per heavy atom. The molecule has 0 unspecified atom stereocenters. The van der Waals surface area contributed by atoms with Crippen LogP contribution in [-0.2, 0) is 4.84 Å². The average molecular weight is 298 g/mol. The van der Waals surface area contributed by atoms with Crippen LogP contribution in [0.1, 0.15) is 31.1 Å². The molecule has 0 spiro atoms. The van der Waals surface area contributed by atoms with Crippen molar-refractivity contribution in [2.24, 2.45) is 0 Å². The van der Waals surface area contributed by atoms with Gasteiger partial charge in [-0.15, -0.1) is 0 Å². The number of amides is 2. The highest BCUT2D eigenvalue weighted by atomic mass is 16.7. The second-order valence-corrected chi connectivity index (χ2v) is 4.39. The molecular weight excluding hydrogens is 288 g/mol. The number of rotatable bonds is 3. The summed E-state index contributed by atoms with van der Waals surface area (Å²) < 4.78 is 4.95. The van der Waals surface area contributed by atoms with Gasteiger partial charge in [0.2, 0.25) is 5.88 Å². The Hall–Kier alpha value is -3.22. The van der Waals surface area contributed by atoms with E-state index in [0.29, 0.717) is 5.06 Å². The minimum Gasteiger partial charge on any atom is -0.480 e. The van der Waals surface area contributed by atoms with Crippen molar-refractivity contribution < 1.29 is 24.0 Å². The molecule has 110 valence electrons. The highest BCUT2D eigenvalue weighted by Gasteiger charge is 2.39. The predicted octanol–water partition coefficient (Wildman–Crippen LogP) is 1.46. The van der Waals surface area contributed by atoms with E-state index in [0.717, 1.165) is 0 Å². The first-order valence-corrected chi connectivity index (χ1v) is 6.32. The summed E-state index contributed by atoms with van der Waals surface area (Å²) in [7, 11) is 1.35. The number of methoxy groups -OCH3 is 1. The van der Waals surface area contributed by atoms with Gasteiger partial charge in [-0.25, -0.2) is 9.78 Å². The molecule has 1 aromatic heterocycles. The Morgan fingerprint density at radius 3 is 2.27 bits per heavy atom. The SMILES string of the molecule is COc1ncccc1C(=O)ON1C(=O)c2ccccc2C1=O. The molecule has 2 heterocycles. The van der Waals surface area contributed by atoms with Crippen molar-refractivity contribution >= 4 is 17.8 Å². The largest absolute Gasteiger partial charge is 0.480 e. The topological polar surface area (TPSA) is 85.8 Å². The summed E-state index contributed by atoms with van der Waals surface area (Å²) in [5, 5.41) is 0.444. The van der Waals surface area contributed by atoms with Gasteiger partial charge in [-0.3, -0.25) is 9.59 Å². The summed E-state index contributed by atoms with van der Waals surface area (Å²) >= 11 is 0. The Morgan fingerprint density at radius 1 is 1.05 bits per heavy atom. The van der Waals surface area contributed by atoms with Crippen molar-refractivity contribution in [1.29, 1.82) is 0 Å². The smallest absolute Gasteiger partial charge is 0.369 e. The van der Waals surface area contributed by atoms with Crippen LogP contribution in [0.5, 0.6) is 5.88 Å².